The van der Waals surface area contributed by atoms with Crippen LogP contribution in [0.25, 0.3) is 32.9 Å². The minimum Gasteiger partial charge on any atom is -0.508 e. The third-order valence-corrected chi connectivity index (χ3v) is 11.0. The molecule has 0 saturated carbocycles. The molecule has 2 aromatic heterocycles. The molecule has 0 spiro atoms. The van der Waals surface area contributed by atoms with E-state index in [9.17, 15) is 23.5 Å². The number of phenols is 1. The van der Waals surface area contributed by atoms with Crippen molar-refractivity contribution in [2.75, 3.05) is 45.3 Å². The fraction of sp³-hybridized carbons (Fsp3) is 0.500. The Labute approximate surface area is 330 Å². The number of hydrogen-bond donors (Lipinski definition) is 1. The van der Waals surface area contributed by atoms with Gasteiger partial charge in [-0.15, -0.1) is 6.42 Å². The van der Waals surface area contributed by atoms with Gasteiger partial charge in [0.05, 0.1) is 30.1 Å². The second-order valence-corrected chi connectivity index (χ2v) is 14.7. The number of aromatic hydroxyl groups is 1. The number of alkyl halides is 1. The van der Waals surface area contributed by atoms with Crippen LogP contribution in [-0.2, 0) is 14.3 Å². The number of carbonyl (C=O) groups is 2. The summed E-state index contributed by atoms with van der Waals surface area (Å²) in [5.74, 6) is 1.10. The van der Waals surface area contributed by atoms with Gasteiger partial charge >= 0.3 is 12.1 Å². The van der Waals surface area contributed by atoms with E-state index in [0.717, 1.165) is 51.4 Å². The van der Waals surface area contributed by atoms with Gasteiger partial charge in [-0.25, -0.2) is 18.0 Å². The molecule has 4 aliphatic heterocycles. The summed E-state index contributed by atoms with van der Waals surface area (Å²) >= 11 is 0. The molecule has 6 heterocycles. The van der Waals surface area contributed by atoms with E-state index in [1.54, 1.807) is 11.8 Å². The minimum atomic E-state index is -0.813. The topological polar surface area (TPSA) is 130 Å². The summed E-state index contributed by atoms with van der Waals surface area (Å²) in [6.07, 6.45) is 14.1. The zero-order valence-corrected chi connectivity index (χ0v) is 32.7. The van der Waals surface area contributed by atoms with Gasteiger partial charge in [-0.3, -0.25) is 14.8 Å². The highest BCUT2D eigenvalue weighted by Crippen LogP contribution is 2.40. The van der Waals surface area contributed by atoms with E-state index in [1.807, 2.05) is 4.90 Å². The van der Waals surface area contributed by atoms with Gasteiger partial charge in [-0.2, -0.15) is 9.97 Å². The van der Waals surface area contributed by atoms with E-state index in [1.165, 1.54) is 57.5 Å². The van der Waals surface area contributed by atoms with Crippen molar-refractivity contribution in [3.05, 3.63) is 47.7 Å². The quantitative estimate of drug-likeness (QED) is 0.0844. The van der Waals surface area contributed by atoms with Gasteiger partial charge in [0.2, 0.25) is 6.29 Å². The predicted molar refractivity (Wildman–Crippen MR) is 210 cm³/mol. The summed E-state index contributed by atoms with van der Waals surface area (Å²) in [6, 6.07) is 5.61. The molecular formula is C42H49F3N6O6. The molecule has 4 aromatic rings. The Balaban J connectivity index is 0.000000305. The SMILES string of the molecule is C#Cc1c(F)ccc2cc(O)cc(-c3ncc4c(N5CC6CCC(C5)N6C(=O)OC(C)OC)nc(OC)nc4c3F)c12.CCCCC=O.F[C@@H]1CC2CCCN2C1. The Morgan fingerprint density at radius 2 is 1.86 bits per heavy atom. The largest absolute Gasteiger partial charge is 0.508 e. The number of methoxy groups -OCH3 is 2. The summed E-state index contributed by atoms with van der Waals surface area (Å²) < 4.78 is 59.4. The lowest BCUT2D eigenvalue weighted by Gasteiger charge is -2.41. The van der Waals surface area contributed by atoms with Crippen molar-refractivity contribution in [3.8, 4) is 35.4 Å². The second kappa shape index (κ2) is 18.4. The number of hydrogen-bond acceptors (Lipinski definition) is 11. The molecule has 304 valence electrons. The highest BCUT2D eigenvalue weighted by Gasteiger charge is 2.45. The van der Waals surface area contributed by atoms with Crippen molar-refractivity contribution in [1.29, 1.82) is 0 Å². The number of amides is 1. The number of phenolic OH excluding ortho intramolecular Hbond substituents is 1. The first-order valence-electron chi connectivity index (χ1n) is 19.4. The summed E-state index contributed by atoms with van der Waals surface area (Å²) in [5, 5.41) is 11.4. The van der Waals surface area contributed by atoms with Crippen LogP contribution in [0.3, 0.4) is 0 Å². The van der Waals surface area contributed by atoms with Crippen molar-refractivity contribution in [2.24, 2.45) is 0 Å². The molecule has 2 aromatic carbocycles. The van der Waals surface area contributed by atoms with Crippen LogP contribution in [0.1, 0.15) is 70.8 Å². The van der Waals surface area contributed by atoms with Crippen molar-refractivity contribution in [1.82, 2.24) is 24.8 Å². The Morgan fingerprint density at radius 3 is 2.49 bits per heavy atom. The number of pyridine rings is 1. The molecule has 57 heavy (non-hydrogen) atoms. The van der Waals surface area contributed by atoms with E-state index in [4.69, 9.17) is 20.6 Å². The number of unbranched alkanes of at least 4 members (excludes halogenated alkanes) is 2. The first kappa shape index (κ1) is 41.4. The molecule has 8 rings (SSSR count). The number of halogens is 3. The second-order valence-electron chi connectivity index (χ2n) is 14.7. The normalized spacial score (nSPS) is 21.6. The first-order chi connectivity index (χ1) is 27.5. The molecule has 4 aliphatic rings. The molecule has 5 atom stereocenters. The number of anilines is 1. The predicted octanol–water partition coefficient (Wildman–Crippen LogP) is 7.17. The average Bonchev–Trinajstić information content (AvgIpc) is 3.87. The van der Waals surface area contributed by atoms with Gasteiger partial charge in [0, 0.05) is 56.4 Å². The lowest BCUT2D eigenvalue weighted by molar-refractivity contribution is -0.107. The fourth-order valence-corrected chi connectivity index (χ4v) is 8.23. The monoisotopic (exact) mass is 790 g/mol. The molecule has 0 aliphatic carbocycles. The molecule has 12 nitrogen and oxygen atoms in total. The third-order valence-electron chi connectivity index (χ3n) is 11.0. The van der Waals surface area contributed by atoms with E-state index in [2.05, 4.69) is 32.7 Å². The van der Waals surface area contributed by atoms with Crippen LogP contribution in [-0.4, -0.2) is 113 Å². The molecule has 4 unspecified atom stereocenters. The van der Waals surface area contributed by atoms with Crippen LogP contribution < -0.4 is 9.64 Å². The Kier molecular flexibility index (Phi) is 13.4. The van der Waals surface area contributed by atoms with Gasteiger partial charge in [0.25, 0.3) is 0 Å². The standard InChI is InChI=1S/C30H27F2N5O5.C7H12FN.C5H10O/c1-5-20-23(31)9-6-16-10-19(38)11-21(24(16)20)26-25(32)27-22(12-33-26)28(35-29(34-27)41-4)36-13-17-7-8-18(14-36)37(17)30(39)42-15(2)40-3;8-6-4-7-2-1-3-9(7)5-6;1-2-3-4-5-6/h1,6,9-12,15,17-18,38H,7-8,13-14H2,2-4H3;6-7H,1-5H2;5H,2-4H2,1H3/t;6-,7?;/m.1./s1. The van der Waals surface area contributed by atoms with Gasteiger partial charge in [-0.05, 0) is 75.6 Å². The van der Waals surface area contributed by atoms with Crippen LogP contribution in [0.5, 0.6) is 11.8 Å². The number of terminal acetylenes is 1. The lowest BCUT2D eigenvalue weighted by Crippen LogP contribution is -2.56. The smallest absolute Gasteiger partial charge is 0.412 e. The van der Waals surface area contributed by atoms with E-state index >= 15 is 4.39 Å². The van der Waals surface area contributed by atoms with Crippen LogP contribution in [0.15, 0.2) is 30.5 Å². The summed E-state index contributed by atoms with van der Waals surface area (Å²) in [5.41, 5.74) is -0.194. The summed E-state index contributed by atoms with van der Waals surface area (Å²) in [6.45, 7) is 6.43. The highest BCUT2D eigenvalue weighted by molar-refractivity contribution is 6.03. The fourth-order valence-electron chi connectivity index (χ4n) is 8.23. The molecule has 1 amide bonds. The number of aromatic nitrogens is 3. The Morgan fingerprint density at radius 1 is 1.11 bits per heavy atom. The number of benzene rings is 2. The van der Waals surface area contributed by atoms with E-state index in [0.29, 0.717) is 42.3 Å². The van der Waals surface area contributed by atoms with E-state index < -0.39 is 30.2 Å². The van der Waals surface area contributed by atoms with Crippen LogP contribution in [0.4, 0.5) is 23.8 Å². The zero-order chi connectivity index (χ0) is 40.8. The number of nitrogens with zero attached hydrogens (tertiary/aromatic N) is 6. The molecule has 15 heteroatoms. The molecule has 2 bridgehead atoms. The zero-order valence-electron chi connectivity index (χ0n) is 32.7. The van der Waals surface area contributed by atoms with Crippen molar-refractivity contribution >= 4 is 39.9 Å². The van der Waals surface area contributed by atoms with Crippen molar-refractivity contribution in [3.63, 3.8) is 0 Å². The maximum Gasteiger partial charge on any atom is 0.412 e. The van der Waals surface area contributed by atoms with Crippen LogP contribution >= 0.6 is 0 Å². The Hall–Kier alpha value is -5.20. The number of piperazine rings is 1. The lowest BCUT2D eigenvalue weighted by atomic mass is 9.96. The third kappa shape index (κ3) is 8.87. The van der Waals surface area contributed by atoms with E-state index in [-0.39, 0.29) is 51.6 Å². The number of rotatable bonds is 8. The minimum absolute atomic E-state index is 0.0622. The molecular weight excluding hydrogens is 741 g/mol. The Bertz CT molecular complexity index is 2110. The number of ether oxygens (including phenoxy) is 3. The van der Waals surface area contributed by atoms with Crippen molar-refractivity contribution in [2.45, 2.75) is 95.8 Å². The van der Waals surface area contributed by atoms with Crippen molar-refractivity contribution < 1.29 is 42.1 Å². The van der Waals surface area contributed by atoms with Crippen LogP contribution in [0, 0.1) is 24.0 Å². The number of aldehydes is 1. The van der Waals surface area contributed by atoms with Gasteiger partial charge in [0.1, 0.15) is 41.1 Å². The maximum absolute atomic E-state index is 16.4. The van der Waals surface area contributed by atoms with Gasteiger partial charge in [-0.1, -0.05) is 25.3 Å². The van der Waals surface area contributed by atoms with Crippen LogP contribution in [0.2, 0.25) is 0 Å². The summed E-state index contributed by atoms with van der Waals surface area (Å²) in [4.78, 5) is 41.6. The maximum atomic E-state index is 16.4. The molecule has 4 saturated heterocycles. The number of fused-ring (bicyclic) bond motifs is 5. The van der Waals surface area contributed by atoms with Gasteiger partial charge < -0.3 is 29.0 Å². The van der Waals surface area contributed by atoms with Gasteiger partial charge in [0.15, 0.2) is 5.82 Å². The molecule has 4 fully saturated rings. The average molecular weight is 791 g/mol. The molecule has 0 radical (unpaired) electrons. The highest BCUT2D eigenvalue weighted by atomic mass is 19.1. The molecule has 1 N–H and O–H groups in total. The summed E-state index contributed by atoms with van der Waals surface area (Å²) in [7, 11) is 2.84. The number of carbonyl (C=O) groups excluding carboxylic acids is 2. The first-order valence-corrected chi connectivity index (χ1v) is 19.4.